The Balaban J connectivity index is 1.93. The summed E-state index contributed by atoms with van der Waals surface area (Å²) in [5, 5.41) is 10.8. The van der Waals surface area contributed by atoms with E-state index >= 15 is 0 Å². The molecule has 1 atom stereocenters. The first-order chi connectivity index (χ1) is 17.7. The van der Waals surface area contributed by atoms with Crippen LogP contribution in [0.4, 0.5) is 17.6 Å². The van der Waals surface area contributed by atoms with Crippen LogP contribution in [0.25, 0.3) is 22.2 Å². The number of pyridine rings is 1. The number of hydrogen-bond donors (Lipinski definition) is 1. The van der Waals surface area contributed by atoms with E-state index < -0.39 is 35.2 Å². The quantitative estimate of drug-likeness (QED) is 0.264. The Bertz CT molecular complexity index is 1500. The molecule has 0 radical (unpaired) electrons. The SMILES string of the molecule is Cc1ccc(-c2c(C(OC(C)(C)C)C(=O)O)c(C)nc3c2ccn3Cc2ccc(F)c(C(F)(F)F)c2)cc1. The summed E-state index contributed by atoms with van der Waals surface area (Å²) < 4.78 is 61.3. The van der Waals surface area contributed by atoms with E-state index in [4.69, 9.17) is 4.74 Å². The lowest BCUT2D eigenvalue weighted by atomic mass is 9.92. The summed E-state index contributed by atoms with van der Waals surface area (Å²) in [5.41, 5.74) is 1.83. The van der Waals surface area contributed by atoms with Crippen LogP contribution in [-0.4, -0.2) is 26.2 Å². The fourth-order valence-corrected chi connectivity index (χ4v) is 4.48. The molecule has 5 nitrogen and oxygen atoms in total. The van der Waals surface area contributed by atoms with E-state index in [1.54, 1.807) is 44.5 Å². The molecule has 1 N–H and O–H groups in total. The van der Waals surface area contributed by atoms with Crippen LogP contribution in [0.15, 0.2) is 54.7 Å². The largest absolute Gasteiger partial charge is 0.479 e. The van der Waals surface area contributed by atoms with Gasteiger partial charge in [0.2, 0.25) is 0 Å². The van der Waals surface area contributed by atoms with E-state index in [1.165, 1.54) is 6.07 Å². The van der Waals surface area contributed by atoms with E-state index in [-0.39, 0.29) is 12.1 Å². The molecule has 4 rings (SSSR count). The molecule has 1 unspecified atom stereocenters. The normalized spacial score (nSPS) is 13.2. The number of aryl methyl sites for hydroxylation is 2. The molecule has 0 fully saturated rings. The predicted molar refractivity (Wildman–Crippen MR) is 136 cm³/mol. The smallest absolute Gasteiger partial charge is 0.419 e. The van der Waals surface area contributed by atoms with Crippen molar-refractivity contribution in [2.24, 2.45) is 0 Å². The van der Waals surface area contributed by atoms with Gasteiger partial charge in [0.05, 0.1) is 11.2 Å². The lowest BCUT2D eigenvalue weighted by Crippen LogP contribution is -2.28. The third-order valence-electron chi connectivity index (χ3n) is 6.12. The average Bonchev–Trinajstić information content (AvgIpc) is 3.19. The number of rotatable bonds is 6. The van der Waals surface area contributed by atoms with E-state index in [0.717, 1.165) is 23.3 Å². The van der Waals surface area contributed by atoms with Gasteiger partial charge in [0.15, 0.2) is 6.10 Å². The van der Waals surface area contributed by atoms with Crippen molar-refractivity contribution in [2.75, 3.05) is 0 Å². The van der Waals surface area contributed by atoms with Crippen molar-refractivity contribution < 1.29 is 32.2 Å². The minimum atomic E-state index is -4.82. The van der Waals surface area contributed by atoms with Gasteiger partial charge in [0, 0.05) is 34.9 Å². The van der Waals surface area contributed by atoms with Crippen LogP contribution >= 0.6 is 0 Å². The van der Waals surface area contributed by atoms with Gasteiger partial charge in [-0.3, -0.25) is 0 Å². The van der Waals surface area contributed by atoms with Gasteiger partial charge in [0.1, 0.15) is 11.5 Å². The van der Waals surface area contributed by atoms with Gasteiger partial charge in [-0.15, -0.1) is 0 Å². The number of carboxylic acid groups (broad SMARTS) is 1. The van der Waals surface area contributed by atoms with Crippen LogP contribution in [0.5, 0.6) is 0 Å². The lowest BCUT2D eigenvalue weighted by Gasteiger charge is -2.28. The maximum atomic E-state index is 13.8. The van der Waals surface area contributed by atoms with E-state index in [9.17, 15) is 27.5 Å². The molecule has 0 aliphatic heterocycles. The zero-order valence-corrected chi connectivity index (χ0v) is 21.7. The highest BCUT2D eigenvalue weighted by atomic mass is 19.4. The number of aromatic nitrogens is 2. The second-order valence-corrected chi connectivity index (χ2v) is 10.3. The van der Waals surface area contributed by atoms with Crippen molar-refractivity contribution in [3.8, 4) is 11.1 Å². The van der Waals surface area contributed by atoms with Crippen molar-refractivity contribution in [3.05, 3.63) is 88.5 Å². The number of carboxylic acids is 1. The molecular formula is C29H28F4N2O3. The summed E-state index contributed by atoms with van der Waals surface area (Å²) >= 11 is 0. The zero-order valence-electron chi connectivity index (χ0n) is 21.7. The zero-order chi connectivity index (χ0) is 28.0. The standard InChI is InChI=1S/C29H28F4N2O3/c1-16-6-9-19(10-7-16)24-20-12-13-35(15-18-8-11-22(30)21(14-18)29(31,32)33)26(20)34-17(2)23(24)25(27(36)37)38-28(3,4)5/h6-14,25H,15H2,1-5H3,(H,36,37). The molecule has 200 valence electrons. The Kier molecular flexibility index (Phi) is 7.09. The topological polar surface area (TPSA) is 64.3 Å². The van der Waals surface area contributed by atoms with Crippen LogP contribution in [-0.2, 0) is 22.3 Å². The summed E-state index contributed by atoms with van der Waals surface area (Å²) in [7, 11) is 0. The molecule has 0 aliphatic carbocycles. The molecular weight excluding hydrogens is 500 g/mol. The Morgan fingerprint density at radius 2 is 1.71 bits per heavy atom. The van der Waals surface area contributed by atoms with Crippen molar-refractivity contribution in [1.29, 1.82) is 0 Å². The second kappa shape index (κ2) is 9.87. The van der Waals surface area contributed by atoms with Crippen molar-refractivity contribution in [3.63, 3.8) is 0 Å². The predicted octanol–water partition coefficient (Wildman–Crippen LogP) is 7.47. The minimum absolute atomic E-state index is 0.00678. The number of fused-ring (bicyclic) bond motifs is 1. The van der Waals surface area contributed by atoms with E-state index in [2.05, 4.69) is 4.98 Å². The fraction of sp³-hybridized carbons (Fsp3) is 0.310. The Hall–Kier alpha value is -3.72. The Morgan fingerprint density at radius 3 is 2.29 bits per heavy atom. The Morgan fingerprint density at radius 1 is 1.05 bits per heavy atom. The number of halogens is 4. The number of hydrogen-bond acceptors (Lipinski definition) is 3. The summed E-state index contributed by atoms with van der Waals surface area (Å²) in [6.07, 6.45) is -4.45. The van der Waals surface area contributed by atoms with Crippen LogP contribution in [0.3, 0.4) is 0 Å². The summed E-state index contributed by atoms with van der Waals surface area (Å²) in [6.45, 7) is 8.94. The minimum Gasteiger partial charge on any atom is -0.479 e. The molecule has 9 heteroatoms. The van der Waals surface area contributed by atoms with Crippen molar-refractivity contribution in [2.45, 2.75) is 59.0 Å². The summed E-state index contributed by atoms with van der Waals surface area (Å²) in [4.78, 5) is 17.1. The molecule has 0 saturated heterocycles. The third kappa shape index (κ3) is 5.57. The van der Waals surface area contributed by atoms with Gasteiger partial charge < -0.3 is 14.4 Å². The van der Waals surface area contributed by atoms with Crippen LogP contribution in [0, 0.1) is 19.7 Å². The van der Waals surface area contributed by atoms with Crippen LogP contribution < -0.4 is 0 Å². The molecule has 0 spiro atoms. The maximum Gasteiger partial charge on any atom is 0.419 e. The maximum absolute atomic E-state index is 13.8. The number of ether oxygens (including phenoxy) is 1. The van der Waals surface area contributed by atoms with Gasteiger partial charge in [-0.25, -0.2) is 14.2 Å². The highest BCUT2D eigenvalue weighted by Gasteiger charge is 2.35. The summed E-state index contributed by atoms with van der Waals surface area (Å²) in [6, 6.07) is 12.2. The second-order valence-electron chi connectivity index (χ2n) is 10.3. The monoisotopic (exact) mass is 528 g/mol. The first-order valence-electron chi connectivity index (χ1n) is 12.0. The van der Waals surface area contributed by atoms with Crippen molar-refractivity contribution >= 4 is 17.0 Å². The number of nitrogens with zero attached hydrogens (tertiary/aromatic N) is 2. The lowest BCUT2D eigenvalue weighted by molar-refractivity contribution is -0.160. The number of carbonyl (C=O) groups is 1. The molecule has 2 heterocycles. The van der Waals surface area contributed by atoms with Gasteiger partial charge in [-0.05, 0) is 63.9 Å². The van der Waals surface area contributed by atoms with Crippen LogP contribution in [0.1, 0.15) is 54.8 Å². The van der Waals surface area contributed by atoms with Gasteiger partial charge in [-0.1, -0.05) is 35.9 Å². The molecule has 4 aromatic rings. The highest BCUT2D eigenvalue weighted by Crippen LogP contribution is 2.40. The van der Waals surface area contributed by atoms with Gasteiger partial charge in [0.25, 0.3) is 0 Å². The van der Waals surface area contributed by atoms with Gasteiger partial charge >= 0.3 is 12.1 Å². The number of aliphatic carboxylic acids is 1. The Labute approximate surface area is 217 Å². The highest BCUT2D eigenvalue weighted by molar-refractivity contribution is 5.97. The average molecular weight is 529 g/mol. The fourth-order valence-electron chi connectivity index (χ4n) is 4.48. The van der Waals surface area contributed by atoms with Gasteiger partial charge in [-0.2, -0.15) is 13.2 Å². The summed E-state index contributed by atoms with van der Waals surface area (Å²) in [5.74, 6) is -2.50. The molecule has 0 bridgehead atoms. The van der Waals surface area contributed by atoms with E-state index in [1.807, 2.05) is 31.2 Å². The molecule has 2 aromatic heterocycles. The van der Waals surface area contributed by atoms with Crippen LogP contribution in [0.2, 0.25) is 0 Å². The molecule has 0 amide bonds. The first kappa shape index (κ1) is 27.3. The third-order valence-corrected chi connectivity index (χ3v) is 6.12. The molecule has 2 aromatic carbocycles. The van der Waals surface area contributed by atoms with E-state index in [0.29, 0.717) is 27.9 Å². The number of benzene rings is 2. The molecule has 0 aliphatic rings. The number of alkyl halides is 3. The first-order valence-corrected chi connectivity index (χ1v) is 12.0. The molecule has 38 heavy (non-hydrogen) atoms. The molecule has 0 saturated carbocycles. The van der Waals surface area contributed by atoms with Crippen molar-refractivity contribution in [1.82, 2.24) is 9.55 Å².